The van der Waals surface area contributed by atoms with Gasteiger partial charge in [0.2, 0.25) is 0 Å². The number of hydrogen-bond acceptors (Lipinski definition) is 4. The predicted octanol–water partition coefficient (Wildman–Crippen LogP) is 5.56. The highest BCUT2D eigenvalue weighted by molar-refractivity contribution is 5.91. The van der Waals surface area contributed by atoms with Crippen LogP contribution in [0.2, 0.25) is 0 Å². The van der Waals surface area contributed by atoms with E-state index in [1.54, 1.807) is 0 Å². The maximum absolute atomic E-state index is 12.7. The molecule has 1 amide bonds. The maximum Gasteiger partial charge on any atom is 0.411 e. The van der Waals surface area contributed by atoms with Crippen LogP contribution in [0.4, 0.5) is 10.5 Å². The molecule has 0 saturated carbocycles. The zero-order chi connectivity index (χ0) is 24.7. The number of anilines is 1. The van der Waals surface area contributed by atoms with Crippen LogP contribution >= 0.6 is 0 Å². The Bertz CT molecular complexity index is 1110. The number of piperidine rings is 1. The van der Waals surface area contributed by atoms with Crippen LogP contribution in [-0.4, -0.2) is 60.3 Å². The van der Waals surface area contributed by atoms with Crippen molar-refractivity contribution >= 4 is 11.8 Å². The number of rotatable bonds is 8. The second kappa shape index (κ2) is 11.5. The van der Waals surface area contributed by atoms with Crippen LogP contribution in [0.1, 0.15) is 31.2 Å². The van der Waals surface area contributed by atoms with E-state index in [-0.39, 0.29) is 6.10 Å². The van der Waals surface area contributed by atoms with Crippen LogP contribution in [0.15, 0.2) is 72.8 Å². The van der Waals surface area contributed by atoms with E-state index in [2.05, 4.69) is 49.4 Å². The average molecular weight is 474 g/mol. The van der Waals surface area contributed by atoms with E-state index in [9.17, 15) is 4.79 Å². The molecule has 0 aliphatic carbocycles. The molecule has 1 aromatic heterocycles. The van der Waals surface area contributed by atoms with Gasteiger partial charge >= 0.3 is 6.09 Å². The van der Waals surface area contributed by atoms with Crippen molar-refractivity contribution in [3.63, 3.8) is 0 Å². The molecule has 0 unspecified atom stereocenters. The Morgan fingerprint density at radius 1 is 0.971 bits per heavy atom. The molecule has 6 nitrogen and oxygen atoms in total. The van der Waals surface area contributed by atoms with Crippen LogP contribution in [-0.2, 0) is 17.8 Å². The van der Waals surface area contributed by atoms with Gasteiger partial charge in [-0.1, -0.05) is 54.6 Å². The number of para-hydroxylation sites is 1. The standard InChI is InChI=1S/C29H36N4O2/c1-4-33(2,3)22-25-14-10-13-24(30-25)21-32-19-17-26(18-20-32)35-29(34)31-28-16-9-8-15-27(28)23-11-6-5-7-12-23/h5-16,26H,4,17-22H2,1-3H3/p+1. The smallest absolute Gasteiger partial charge is 0.411 e. The molecule has 35 heavy (non-hydrogen) atoms. The number of carbonyl (C=O) groups excluding carboxylic acids is 1. The van der Waals surface area contributed by atoms with E-state index in [1.165, 1.54) is 0 Å². The van der Waals surface area contributed by atoms with Crippen LogP contribution in [0.3, 0.4) is 0 Å². The van der Waals surface area contributed by atoms with E-state index in [4.69, 9.17) is 9.72 Å². The number of quaternary nitrogens is 1. The first-order chi connectivity index (χ1) is 16.9. The number of carbonyl (C=O) groups is 1. The molecule has 6 heteroatoms. The molecule has 0 radical (unpaired) electrons. The van der Waals surface area contributed by atoms with Gasteiger partial charge in [0.25, 0.3) is 0 Å². The third-order valence-electron chi connectivity index (χ3n) is 6.75. The normalized spacial score (nSPS) is 15.1. The Morgan fingerprint density at radius 2 is 1.66 bits per heavy atom. The first kappa shape index (κ1) is 24.9. The minimum absolute atomic E-state index is 0.0721. The highest BCUT2D eigenvalue weighted by Gasteiger charge is 2.23. The third-order valence-corrected chi connectivity index (χ3v) is 6.75. The summed E-state index contributed by atoms with van der Waals surface area (Å²) in [5.41, 5.74) is 5.05. The monoisotopic (exact) mass is 473 g/mol. The van der Waals surface area contributed by atoms with Gasteiger partial charge in [-0.2, -0.15) is 0 Å². The largest absolute Gasteiger partial charge is 0.446 e. The number of nitrogens with zero attached hydrogens (tertiary/aromatic N) is 3. The van der Waals surface area contributed by atoms with E-state index >= 15 is 0 Å². The summed E-state index contributed by atoms with van der Waals surface area (Å²) in [6.45, 7) is 6.82. The van der Waals surface area contributed by atoms with Crippen LogP contribution in [0, 0.1) is 0 Å². The van der Waals surface area contributed by atoms with E-state index in [1.807, 2.05) is 54.6 Å². The van der Waals surface area contributed by atoms with Crippen LogP contribution < -0.4 is 5.32 Å². The molecule has 1 saturated heterocycles. The van der Waals surface area contributed by atoms with Gasteiger partial charge in [0.15, 0.2) is 0 Å². The van der Waals surface area contributed by atoms with Crippen molar-refractivity contribution in [3.8, 4) is 11.1 Å². The summed E-state index contributed by atoms with van der Waals surface area (Å²) < 4.78 is 6.70. The third kappa shape index (κ3) is 7.13. The summed E-state index contributed by atoms with van der Waals surface area (Å²) in [6.07, 6.45) is 1.19. The number of benzene rings is 2. The van der Waals surface area contributed by atoms with Crippen molar-refractivity contribution in [1.29, 1.82) is 0 Å². The summed E-state index contributed by atoms with van der Waals surface area (Å²) >= 11 is 0. The Labute approximate surface area is 209 Å². The number of amides is 1. The Kier molecular flexibility index (Phi) is 8.16. The minimum Gasteiger partial charge on any atom is -0.446 e. The molecule has 1 N–H and O–H groups in total. The van der Waals surface area contributed by atoms with E-state index in [0.717, 1.165) is 78.3 Å². The molecule has 2 aromatic carbocycles. The van der Waals surface area contributed by atoms with Gasteiger partial charge in [0, 0.05) is 25.2 Å². The van der Waals surface area contributed by atoms with Crippen molar-refractivity contribution in [2.75, 3.05) is 39.0 Å². The van der Waals surface area contributed by atoms with Gasteiger partial charge in [-0.25, -0.2) is 4.79 Å². The molecular weight excluding hydrogens is 436 g/mol. The fourth-order valence-electron chi connectivity index (χ4n) is 4.42. The zero-order valence-electron chi connectivity index (χ0n) is 21.1. The number of nitrogens with one attached hydrogen (secondary N) is 1. The minimum atomic E-state index is -0.391. The average Bonchev–Trinajstić information content (AvgIpc) is 2.86. The SMILES string of the molecule is CC[N+](C)(C)Cc1cccc(CN2CCC(OC(=O)Nc3ccccc3-c3ccccc3)CC2)n1. The van der Waals surface area contributed by atoms with Gasteiger partial charge in [0.05, 0.1) is 37.7 Å². The van der Waals surface area contributed by atoms with Gasteiger partial charge in [-0.05, 0) is 43.5 Å². The first-order valence-corrected chi connectivity index (χ1v) is 12.5. The Balaban J connectivity index is 1.27. The number of ether oxygens (including phenoxy) is 1. The zero-order valence-corrected chi connectivity index (χ0v) is 21.1. The van der Waals surface area contributed by atoms with Gasteiger partial charge in [0.1, 0.15) is 12.6 Å². The number of pyridine rings is 1. The molecule has 1 aliphatic rings. The molecule has 0 spiro atoms. The lowest BCUT2D eigenvalue weighted by molar-refractivity contribution is -0.902. The topological polar surface area (TPSA) is 54.5 Å². The van der Waals surface area contributed by atoms with Gasteiger partial charge in [-0.15, -0.1) is 0 Å². The number of hydrogen-bond donors (Lipinski definition) is 1. The predicted molar refractivity (Wildman–Crippen MR) is 141 cm³/mol. The summed E-state index contributed by atoms with van der Waals surface area (Å²) in [5, 5.41) is 2.95. The lowest BCUT2D eigenvalue weighted by Gasteiger charge is -2.31. The summed E-state index contributed by atoms with van der Waals surface area (Å²) in [4.78, 5) is 19.9. The number of aromatic nitrogens is 1. The fourth-order valence-corrected chi connectivity index (χ4v) is 4.42. The molecule has 2 heterocycles. The Hall–Kier alpha value is -3.22. The second-order valence-corrected chi connectivity index (χ2v) is 9.95. The molecule has 0 atom stereocenters. The second-order valence-electron chi connectivity index (χ2n) is 9.95. The molecule has 184 valence electrons. The lowest BCUT2D eigenvalue weighted by atomic mass is 10.0. The summed E-state index contributed by atoms with van der Waals surface area (Å²) in [7, 11) is 4.46. The van der Waals surface area contributed by atoms with Crippen molar-refractivity contribution in [2.24, 2.45) is 0 Å². The summed E-state index contributed by atoms with van der Waals surface area (Å²) in [5.74, 6) is 0. The Morgan fingerprint density at radius 3 is 2.40 bits per heavy atom. The van der Waals surface area contributed by atoms with E-state index < -0.39 is 6.09 Å². The molecule has 0 bridgehead atoms. The van der Waals surface area contributed by atoms with Crippen LogP contribution in [0.5, 0.6) is 0 Å². The van der Waals surface area contributed by atoms with Gasteiger partial charge in [-0.3, -0.25) is 15.2 Å². The van der Waals surface area contributed by atoms with Gasteiger partial charge < -0.3 is 9.22 Å². The summed E-state index contributed by atoms with van der Waals surface area (Å²) in [6, 6.07) is 24.2. The molecule has 3 aromatic rings. The van der Waals surface area contributed by atoms with Crippen molar-refractivity contribution in [2.45, 2.75) is 39.0 Å². The molecular formula is C29H37N4O2+. The molecule has 1 fully saturated rings. The van der Waals surface area contributed by atoms with Crippen molar-refractivity contribution < 1.29 is 14.0 Å². The fraction of sp³-hybridized carbons (Fsp3) is 0.379. The van der Waals surface area contributed by atoms with E-state index in [0.29, 0.717) is 0 Å². The maximum atomic E-state index is 12.7. The van der Waals surface area contributed by atoms with Crippen molar-refractivity contribution in [3.05, 3.63) is 84.2 Å². The highest BCUT2D eigenvalue weighted by atomic mass is 16.6. The quantitative estimate of drug-likeness (QED) is 0.435. The lowest BCUT2D eigenvalue weighted by Crippen LogP contribution is -2.39. The molecule has 1 aliphatic heterocycles. The molecule has 4 rings (SSSR count). The van der Waals surface area contributed by atoms with Crippen molar-refractivity contribution in [1.82, 2.24) is 9.88 Å². The number of likely N-dealkylation sites (tertiary alicyclic amines) is 1. The highest BCUT2D eigenvalue weighted by Crippen LogP contribution is 2.28. The first-order valence-electron chi connectivity index (χ1n) is 12.5. The van der Waals surface area contributed by atoms with Crippen LogP contribution in [0.25, 0.3) is 11.1 Å².